The molecule has 2 heterocycles. The SMILES string of the molecule is Cc1ccc([C@H]2N(P(=O)(c3ccccc3)c3ccccc3)C(=S)N(C(=O)c3ccccc3)[C@]23C(=O)N(C)c2ccccc23)cc1. The van der Waals surface area contributed by atoms with Crippen molar-refractivity contribution in [2.75, 3.05) is 11.9 Å². The van der Waals surface area contributed by atoms with Gasteiger partial charge in [0.25, 0.3) is 11.8 Å². The zero-order valence-corrected chi connectivity index (χ0v) is 26.5. The van der Waals surface area contributed by atoms with Crippen LogP contribution in [0.4, 0.5) is 5.69 Å². The van der Waals surface area contributed by atoms with Gasteiger partial charge in [0.15, 0.2) is 10.7 Å². The molecule has 6 nitrogen and oxygen atoms in total. The molecule has 8 heteroatoms. The summed E-state index contributed by atoms with van der Waals surface area (Å²) in [5.74, 6) is -0.762. The first kappa shape index (κ1) is 28.9. The number of hydrogen-bond donors (Lipinski definition) is 0. The van der Waals surface area contributed by atoms with Gasteiger partial charge in [0.1, 0.15) is 6.04 Å². The van der Waals surface area contributed by atoms with E-state index < -0.39 is 24.8 Å². The Hall–Kier alpha value is -4.84. The molecule has 0 unspecified atom stereocenters. The Labute approximate surface area is 268 Å². The lowest BCUT2D eigenvalue weighted by Gasteiger charge is -2.39. The van der Waals surface area contributed by atoms with Crippen LogP contribution in [0.25, 0.3) is 0 Å². The number of carbonyl (C=O) groups is 2. The third kappa shape index (κ3) is 4.15. The maximum Gasteiger partial charge on any atom is 0.261 e. The van der Waals surface area contributed by atoms with Crippen LogP contribution in [0.15, 0.2) is 140 Å². The molecule has 0 N–H and O–H groups in total. The van der Waals surface area contributed by atoms with E-state index in [1.165, 1.54) is 4.90 Å². The van der Waals surface area contributed by atoms with Crippen molar-refractivity contribution in [3.05, 3.63) is 162 Å². The normalized spacial score (nSPS) is 19.3. The van der Waals surface area contributed by atoms with E-state index in [1.807, 2.05) is 122 Å². The van der Waals surface area contributed by atoms with Crippen LogP contribution in [0.2, 0.25) is 0 Å². The molecule has 7 rings (SSSR count). The van der Waals surface area contributed by atoms with E-state index >= 15 is 9.36 Å². The monoisotopic (exact) mass is 627 g/mol. The highest BCUT2D eigenvalue weighted by atomic mass is 32.1. The predicted molar refractivity (Wildman–Crippen MR) is 182 cm³/mol. The summed E-state index contributed by atoms with van der Waals surface area (Å²) in [5, 5.41) is 1.13. The van der Waals surface area contributed by atoms with Crippen molar-refractivity contribution < 1.29 is 14.2 Å². The summed E-state index contributed by atoms with van der Waals surface area (Å²) in [6.45, 7) is 1.99. The second-order valence-corrected chi connectivity index (χ2v) is 14.3. The lowest BCUT2D eigenvalue weighted by molar-refractivity contribution is -0.127. The van der Waals surface area contributed by atoms with Crippen LogP contribution in [-0.2, 0) is 14.9 Å². The Kier molecular flexibility index (Phi) is 7.03. The number of thiocarbonyl (C=S) groups is 1. The Morgan fingerprint density at radius 3 is 1.82 bits per heavy atom. The van der Waals surface area contributed by atoms with Gasteiger partial charge in [0.2, 0.25) is 7.29 Å². The molecule has 2 atom stereocenters. The number of rotatable bonds is 5. The first-order valence-electron chi connectivity index (χ1n) is 14.7. The number of carbonyl (C=O) groups excluding carboxylic acids is 2. The van der Waals surface area contributed by atoms with Gasteiger partial charge >= 0.3 is 0 Å². The lowest BCUT2D eigenvalue weighted by Crippen LogP contribution is -2.54. The zero-order valence-electron chi connectivity index (χ0n) is 24.8. The van der Waals surface area contributed by atoms with Crippen LogP contribution in [-0.4, -0.2) is 33.5 Å². The van der Waals surface area contributed by atoms with Crippen molar-refractivity contribution in [3.8, 4) is 0 Å². The standard InChI is InChI=1S/C37H30N3O3PS/c1-26-22-24-27(25-23-26)33-37(31-20-12-13-21-32(31)38(2)35(37)42)39(34(41)28-14-6-3-7-15-28)36(45)40(33)44(43,29-16-8-4-9-17-29)30-18-10-5-11-19-30/h3-25,33H,1-2H3/t33-,37+/m1/s1. The summed E-state index contributed by atoms with van der Waals surface area (Å²) >= 11 is 6.31. The molecule has 0 radical (unpaired) electrons. The minimum absolute atomic E-state index is 0.0314. The summed E-state index contributed by atoms with van der Waals surface area (Å²) in [6.07, 6.45) is 0. The topological polar surface area (TPSA) is 60.9 Å². The van der Waals surface area contributed by atoms with Crippen molar-refractivity contribution in [1.29, 1.82) is 0 Å². The number of amides is 2. The summed E-state index contributed by atoms with van der Waals surface area (Å²) in [4.78, 5) is 32.9. The summed E-state index contributed by atoms with van der Waals surface area (Å²) < 4.78 is 17.9. The largest absolute Gasteiger partial charge is 0.313 e. The van der Waals surface area contributed by atoms with E-state index in [4.69, 9.17) is 12.2 Å². The molecule has 0 aliphatic carbocycles. The Bertz CT molecular complexity index is 1940. The third-order valence-corrected chi connectivity index (χ3v) is 12.4. The molecule has 2 aliphatic rings. The van der Waals surface area contributed by atoms with E-state index in [1.54, 1.807) is 40.9 Å². The maximum atomic E-state index is 16.2. The Balaban J connectivity index is 1.62. The fraction of sp³-hybridized carbons (Fsp3) is 0.108. The molecule has 1 fully saturated rings. The van der Waals surface area contributed by atoms with E-state index in [-0.39, 0.29) is 11.0 Å². The molecule has 1 spiro atoms. The van der Waals surface area contributed by atoms with Gasteiger partial charge < -0.3 is 4.90 Å². The van der Waals surface area contributed by atoms with Crippen molar-refractivity contribution in [2.45, 2.75) is 18.5 Å². The second kappa shape index (κ2) is 11.0. The number of benzene rings is 5. The number of nitrogens with zero attached hydrogens (tertiary/aromatic N) is 3. The van der Waals surface area contributed by atoms with Gasteiger partial charge in [-0.15, -0.1) is 0 Å². The number of para-hydroxylation sites is 1. The smallest absolute Gasteiger partial charge is 0.261 e. The first-order valence-corrected chi connectivity index (χ1v) is 16.8. The van der Waals surface area contributed by atoms with Gasteiger partial charge in [0, 0.05) is 34.5 Å². The highest BCUT2D eigenvalue weighted by Crippen LogP contribution is 2.65. The van der Waals surface area contributed by atoms with Gasteiger partial charge in [-0.05, 0) is 67.2 Å². The fourth-order valence-corrected chi connectivity index (χ4v) is 10.3. The van der Waals surface area contributed by atoms with E-state index in [2.05, 4.69) is 0 Å². The maximum absolute atomic E-state index is 16.2. The van der Waals surface area contributed by atoms with Gasteiger partial charge in [0.05, 0.1) is 0 Å². The third-order valence-electron chi connectivity index (χ3n) is 8.82. The average molecular weight is 628 g/mol. The molecule has 0 aromatic heterocycles. The number of hydrogen-bond acceptors (Lipinski definition) is 4. The number of fused-ring (bicyclic) bond motifs is 2. The number of anilines is 1. The van der Waals surface area contributed by atoms with Gasteiger partial charge in [-0.25, -0.2) is 0 Å². The Morgan fingerprint density at radius 2 is 1.24 bits per heavy atom. The zero-order chi connectivity index (χ0) is 31.3. The van der Waals surface area contributed by atoms with Crippen molar-refractivity contribution >= 4 is 52.7 Å². The molecule has 5 aromatic rings. The van der Waals surface area contributed by atoms with E-state index in [0.29, 0.717) is 27.4 Å². The first-order chi connectivity index (χ1) is 21.8. The van der Waals surface area contributed by atoms with Crippen LogP contribution in [0.1, 0.15) is 33.1 Å². The van der Waals surface area contributed by atoms with Crippen LogP contribution in [0.5, 0.6) is 0 Å². The van der Waals surface area contributed by atoms with Crippen molar-refractivity contribution in [3.63, 3.8) is 0 Å². The van der Waals surface area contributed by atoms with Crippen molar-refractivity contribution in [1.82, 2.24) is 9.57 Å². The molecule has 2 amide bonds. The average Bonchev–Trinajstić information content (AvgIpc) is 3.49. The van der Waals surface area contributed by atoms with Gasteiger partial charge in [-0.3, -0.25) is 23.7 Å². The van der Waals surface area contributed by atoms with Crippen molar-refractivity contribution in [2.24, 2.45) is 0 Å². The number of aryl methyl sites for hydroxylation is 1. The van der Waals surface area contributed by atoms with Gasteiger partial charge in [-0.2, -0.15) is 0 Å². The summed E-state index contributed by atoms with van der Waals surface area (Å²) in [6, 6.07) is 41.6. The molecular weight excluding hydrogens is 597 g/mol. The highest BCUT2D eigenvalue weighted by molar-refractivity contribution is 7.83. The van der Waals surface area contributed by atoms with Crippen LogP contribution >= 0.6 is 19.5 Å². The highest BCUT2D eigenvalue weighted by Gasteiger charge is 2.70. The molecule has 0 bridgehead atoms. The van der Waals surface area contributed by atoms with E-state index in [0.717, 1.165) is 11.1 Å². The minimum atomic E-state index is -3.84. The quantitative estimate of drug-likeness (QED) is 0.163. The molecule has 0 saturated carbocycles. The summed E-state index contributed by atoms with van der Waals surface area (Å²) in [7, 11) is -2.12. The van der Waals surface area contributed by atoms with E-state index in [9.17, 15) is 4.79 Å². The molecular formula is C37H30N3O3PS. The second-order valence-electron chi connectivity index (χ2n) is 11.3. The summed E-state index contributed by atoms with van der Waals surface area (Å²) in [5.41, 5.74) is 1.77. The molecule has 1 saturated heterocycles. The minimum Gasteiger partial charge on any atom is -0.313 e. The number of likely N-dealkylation sites (N-methyl/N-ethyl adjacent to an activating group) is 1. The molecule has 45 heavy (non-hydrogen) atoms. The molecule has 5 aromatic carbocycles. The lowest BCUT2D eigenvalue weighted by atomic mass is 9.80. The molecule has 222 valence electrons. The Morgan fingerprint density at radius 1 is 0.733 bits per heavy atom. The van der Waals surface area contributed by atoms with Crippen LogP contribution in [0, 0.1) is 6.92 Å². The van der Waals surface area contributed by atoms with Crippen LogP contribution in [0.3, 0.4) is 0 Å². The van der Waals surface area contributed by atoms with Crippen LogP contribution < -0.4 is 15.5 Å². The molecule has 2 aliphatic heterocycles. The fourth-order valence-electron chi connectivity index (χ4n) is 6.74. The predicted octanol–water partition coefficient (Wildman–Crippen LogP) is 6.58. The van der Waals surface area contributed by atoms with Gasteiger partial charge in [-0.1, -0.05) is 103 Å².